The van der Waals surface area contributed by atoms with Crippen molar-refractivity contribution in [3.05, 3.63) is 69.0 Å². The number of ketones is 2. The fraction of sp³-hybridized carbons (Fsp3) is 0.310. The molecular formula is C29H28ClN3O8. The van der Waals surface area contributed by atoms with Crippen LogP contribution in [0.2, 0.25) is 5.02 Å². The summed E-state index contributed by atoms with van der Waals surface area (Å²) < 4.78 is 0. The van der Waals surface area contributed by atoms with Crippen LogP contribution in [0.4, 0.5) is 16.2 Å². The summed E-state index contributed by atoms with van der Waals surface area (Å²) in [5.41, 5.74) is 3.02. The first-order chi connectivity index (χ1) is 19.2. The zero-order valence-corrected chi connectivity index (χ0v) is 22.9. The molecule has 1 saturated carbocycles. The number of phenols is 1. The van der Waals surface area contributed by atoms with Gasteiger partial charge in [-0.2, -0.15) is 0 Å². The second-order valence-electron chi connectivity index (χ2n) is 10.9. The second kappa shape index (κ2) is 9.93. The van der Waals surface area contributed by atoms with Crippen molar-refractivity contribution in [2.45, 2.75) is 44.6 Å². The molecule has 8 N–H and O–H groups in total. The Morgan fingerprint density at radius 3 is 2.34 bits per heavy atom. The Morgan fingerprint density at radius 2 is 1.73 bits per heavy atom. The number of aliphatic hydroxyl groups is 3. The fourth-order valence-corrected chi connectivity index (χ4v) is 6.27. The zero-order chi connectivity index (χ0) is 30.0. The lowest BCUT2D eigenvalue weighted by molar-refractivity contribution is -0.147. The number of anilines is 2. The molecule has 0 radical (unpaired) electrons. The first kappa shape index (κ1) is 28.2. The van der Waals surface area contributed by atoms with Gasteiger partial charge in [-0.05, 0) is 66.1 Å². The van der Waals surface area contributed by atoms with E-state index in [0.29, 0.717) is 21.8 Å². The number of halogens is 1. The van der Waals surface area contributed by atoms with Crippen LogP contribution in [0.1, 0.15) is 49.3 Å². The van der Waals surface area contributed by atoms with Crippen LogP contribution in [-0.2, 0) is 20.8 Å². The van der Waals surface area contributed by atoms with E-state index in [1.165, 1.54) is 0 Å². The number of benzene rings is 2. The molecule has 5 rings (SSSR count). The van der Waals surface area contributed by atoms with Crippen LogP contribution >= 0.6 is 11.6 Å². The number of Topliss-reactive ketones (excluding diaryl/α,β-unsaturated/α-hetero) is 2. The number of carbonyl (C=O) groups excluding carboxylic acids is 4. The summed E-state index contributed by atoms with van der Waals surface area (Å²) in [4.78, 5) is 50.9. The quantitative estimate of drug-likeness (QED) is 0.208. The van der Waals surface area contributed by atoms with E-state index in [1.54, 1.807) is 30.3 Å². The Balaban J connectivity index is 1.60. The highest BCUT2D eigenvalue weighted by Gasteiger charge is 2.60. The third-order valence-corrected chi connectivity index (χ3v) is 8.32. The molecule has 0 bridgehead atoms. The predicted molar refractivity (Wildman–Crippen MR) is 150 cm³/mol. The van der Waals surface area contributed by atoms with Crippen molar-refractivity contribution in [1.82, 2.24) is 0 Å². The van der Waals surface area contributed by atoms with Crippen molar-refractivity contribution in [3.8, 4) is 5.75 Å². The summed E-state index contributed by atoms with van der Waals surface area (Å²) >= 11 is 5.89. The number of nitrogens with one attached hydrogen (secondary N) is 2. The van der Waals surface area contributed by atoms with Crippen molar-refractivity contribution < 1.29 is 39.6 Å². The lowest BCUT2D eigenvalue weighted by Gasteiger charge is -2.46. The molecule has 0 aromatic heterocycles. The zero-order valence-electron chi connectivity index (χ0n) is 22.1. The van der Waals surface area contributed by atoms with Gasteiger partial charge in [-0.15, -0.1) is 0 Å². The number of carbonyl (C=O) groups is 4. The number of amides is 3. The molecule has 3 atom stereocenters. The van der Waals surface area contributed by atoms with Crippen molar-refractivity contribution in [2.24, 2.45) is 17.6 Å². The predicted octanol–water partition coefficient (Wildman–Crippen LogP) is 3.84. The maximum atomic E-state index is 13.7. The normalized spacial score (nSPS) is 23.6. The van der Waals surface area contributed by atoms with Gasteiger partial charge < -0.3 is 36.8 Å². The molecule has 214 valence electrons. The third-order valence-electron chi connectivity index (χ3n) is 8.07. The smallest absolute Gasteiger partial charge is 0.323 e. The first-order valence-corrected chi connectivity index (χ1v) is 13.3. The highest BCUT2D eigenvalue weighted by molar-refractivity contribution is 6.30. The molecule has 2 aromatic rings. The van der Waals surface area contributed by atoms with Gasteiger partial charge in [0, 0.05) is 28.6 Å². The van der Waals surface area contributed by atoms with Crippen LogP contribution in [0.25, 0.3) is 5.76 Å². The molecule has 3 aliphatic carbocycles. The number of primary amides is 1. The van der Waals surface area contributed by atoms with Crippen molar-refractivity contribution in [1.29, 1.82) is 0 Å². The molecule has 0 unspecified atom stereocenters. The highest BCUT2D eigenvalue weighted by atomic mass is 35.5. The van der Waals surface area contributed by atoms with Gasteiger partial charge in [0.25, 0.3) is 5.91 Å². The minimum Gasteiger partial charge on any atom is -0.508 e. The minimum absolute atomic E-state index is 0.0325. The molecule has 3 amide bonds. The molecule has 2 aromatic carbocycles. The Labute approximate surface area is 239 Å². The standard InChI is InChI=1S/C29H28ClN3O8/c1-11(2)16-10-18(33-28(40)32-15-5-3-14(30)4-6-15)23(35)21-17(16)8-12-7-13-9-19(34)22(27(31)39)26(38)29(13,41)25(37)20(12)24(21)36/h3-6,10-13,35-36,38,41H,7-9H2,1-2H3,(H2,31,39)(H2,32,33,40)/t12-,13+,29+/m1/s1. The summed E-state index contributed by atoms with van der Waals surface area (Å²) in [6, 6.07) is 7.26. The number of phenolic OH excluding ortho intramolecular Hbond substituents is 1. The monoisotopic (exact) mass is 581 g/mol. The van der Waals surface area contributed by atoms with Gasteiger partial charge >= 0.3 is 6.03 Å². The van der Waals surface area contributed by atoms with Gasteiger partial charge in [-0.1, -0.05) is 25.4 Å². The van der Waals surface area contributed by atoms with Gasteiger partial charge in [0.15, 0.2) is 11.4 Å². The number of nitrogens with two attached hydrogens (primary N) is 1. The molecule has 0 spiro atoms. The van der Waals surface area contributed by atoms with Crippen LogP contribution in [-0.4, -0.2) is 49.5 Å². The van der Waals surface area contributed by atoms with Crippen molar-refractivity contribution in [2.75, 3.05) is 10.6 Å². The van der Waals surface area contributed by atoms with Crippen molar-refractivity contribution >= 4 is 52.2 Å². The summed E-state index contributed by atoms with van der Waals surface area (Å²) in [5, 5.41) is 50.5. The van der Waals surface area contributed by atoms with Crippen LogP contribution in [0.15, 0.2) is 47.2 Å². The van der Waals surface area contributed by atoms with Gasteiger partial charge in [0.05, 0.1) is 11.3 Å². The molecule has 11 nitrogen and oxygen atoms in total. The van der Waals surface area contributed by atoms with Gasteiger partial charge in [-0.3, -0.25) is 14.4 Å². The largest absolute Gasteiger partial charge is 0.508 e. The molecule has 0 aliphatic heterocycles. The van der Waals surface area contributed by atoms with E-state index in [9.17, 15) is 39.6 Å². The van der Waals surface area contributed by atoms with Gasteiger partial charge in [0.1, 0.15) is 22.8 Å². The Hall–Kier alpha value is -4.35. The second-order valence-corrected chi connectivity index (χ2v) is 11.3. The lowest BCUT2D eigenvalue weighted by atomic mass is 9.59. The number of urea groups is 1. The van der Waals surface area contributed by atoms with Crippen LogP contribution in [0, 0.1) is 11.8 Å². The van der Waals surface area contributed by atoms with Crippen LogP contribution < -0.4 is 16.4 Å². The average Bonchev–Trinajstić information content (AvgIpc) is 2.88. The summed E-state index contributed by atoms with van der Waals surface area (Å²) in [5.74, 6) is -7.25. The van der Waals surface area contributed by atoms with E-state index in [4.69, 9.17) is 17.3 Å². The Kier molecular flexibility index (Phi) is 6.83. The number of fused-ring (bicyclic) bond motifs is 3. The van der Waals surface area contributed by atoms with E-state index >= 15 is 0 Å². The third kappa shape index (κ3) is 4.41. The molecule has 0 heterocycles. The molecular weight excluding hydrogens is 554 g/mol. The number of rotatable bonds is 4. The lowest BCUT2D eigenvalue weighted by Crippen LogP contribution is -2.58. The van der Waals surface area contributed by atoms with Crippen LogP contribution in [0.3, 0.4) is 0 Å². The maximum Gasteiger partial charge on any atom is 0.323 e. The van der Waals surface area contributed by atoms with Crippen molar-refractivity contribution in [3.63, 3.8) is 0 Å². The molecule has 1 fully saturated rings. The Morgan fingerprint density at radius 1 is 1.07 bits per heavy atom. The minimum atomic E-state index is -2.65. The van der Waals surface area contributed by atoms with E-state index in [2.05, 4.69) is 10.6 Å². The Bertz CT molecular complexity index is 1590. The summed E-state index contributed by atoms with van der Waals surface area (Å²) in [6.45, 7) is 3.78. The number of aliphatic hydroxyl groups excluding tert-OH is 2. The summed E-state index contributed by atoms with van der Waals surface area (Å²) in [6.07, 6.45) is -0.187. The molecule has 0 saturated heterocycles. The fourth-order valence-electron chi connectivity index (χ4n) is 6.15. The average molecular weight is 582 g/mol. The summed E-state index contributed by atoms with van der Waals surface area (Å²) in [7, 11) is 0. The number of hydrogen-bond acceptors (Lipinski definition) is 8. The van der Waals surface area contributed by atoms with Gasteiger partial charge in [-0.25, -0.2) is 4.79 Å². The molecule has 3 aliphatic rings. The SMILES string of the molecule is CC(C)c1cc(NC(=O)Nc2ccc(Cl)cc2)c(O)c2c1C[C@H]1C[C@H]3CC(=O)C(C(N)=O)=C(O)[C@@]3(O)C(=O)C1=C2O. The molecule has 12 heteroatoms. The van der Waals surface area contributed by atoms with E-state index in [1.807, 2.05) is 13.8 Å². The van der Waals surface area contributed by atoms with E-state index in [0.717, 1.165) is 0 Å². The van der Waals surface area contributed by atoms with Gasteiger partial charge in [0.2, 0.25) is 5.78 Å². The number of hydrogen-bond donors (Lipinski definition) is 7. The first-order valence-electron chi connectivity index (χ1n) is 12.9. The topological polar surface area (TPSA) is 199 Å². The van der Waals surface area contributed by atoms with E-state index < -0.39 is 70.2 Å². The highest BCUT2D eigenvalue weighted by Crippen LogP contribution is 2.53. The molecule has 41 heavy (non-hydrogen) atoms. The maximum absolute atomic E-state index is 13.7. The van der Waals surface area contributed by atoms with Crippen LogP contribution in [0.5, 0.6) is 5.75 Å². The number of aromatic hydroxyl groups is 1. The van der Waals surface area contributed by atoms with E-state index in [-0.39, 0.29) is 35.6 Å².